The first-order chi connectivity index (χ1) is 11.8. The molecule has 1 aliphatic carbocycles. The van der Waals surface area contributed by atoms with Crippen LogP contribution in [0.2, 0.25) is 0 Å². The van der Waals surface area contributed by atoms with Crippen LogP contribution in [0.4, 0.5) is 0 Å². The SMILES string of the molecule is C=Cc1ccc(C(=O)OC2CCc3ccccc32)c2ccccc12. The average Bonchev–Trinajstić information content (AvgIpc) is 3.03. The Hall–Kier alpha value is -2.87. The fraction of sp³-hybridized carbons (Fsp3) is 0.136. The Bertz CT molecular complexity index is 940. The second-order valence-corrected chi connectivity index (χ2v) is 6.08. The summed E-state index contributed by atoms with van der Waals surface area (Å²) in [5.74, 6) is -0.261. The number of benzene rings is 3. The molecule has 0 fully saturated rings. The van der Waals surface area contributed by atoms with Crippen molar-refractivity contribution in [3.05, 3.63) is 89.5 Å². The Morgan fingerprint density at radius 2 is 1.75 bits per heavy atom. The van der Waals surface area contributed by atoms with Gasteiger partial charge in [0.25, 0.3) is 0 Å². The average molecular weight is 314 g/mol. The van der Waals surface area contributed by atoms with E-state index in [0.29, 0.717) is 5.56 Å². The van der Waals surface area contributed by atoms with E-state index in [9.17, 15) is 4.79 Å². The number of hydrogen-bond acceptors (Lipinski definition) is 2. The van der Waals surface area contributed by atoms with Crippen molar-refractivity contribution in [2.24, 2.45) is 0 Å². The maximum Gasteiger partial charge on any atom is 0.339 e. The summed E-state index contributed by atoms with van der Waals surface area (Å²) in [6.07, 6.45) is 3.48. The zero-order chi connectivity index (χ0) is 16.5. The van der Waals surface area contributed by atoms with Crippen molar-refractivity contribution in [3.8, 4) is 0 Å². The lowest BCUT2D eigenvalue weighted by atomic mass is 9.99. The molecule has 3 aromatic carbocycles. The van der Waals surface area contributed by atoms with Gasteiger partial charge < -0.3 is 4.74 Å². The van der Waals surface area contributed by atoms with E-state index in [1.54, 1.807) is 0 Å². The van der Waals surface area contributed by atoms with E-state index in [1.807, 2.05) is 54.6 Å². The molecule has 118 valence electrons. The van der Waals surface area contributed by atoms with Gasteiger partial charge in [0.2, 0.25) is 0 Å². The van der Waals surface area contributed by atoms with Crippen molar-refractivity contribution in [1.29, 1.82) is 0 Å². The first kappa shape index (κ1) is 14.7. The van der Waals surface area contributed by atoms with Crippen LogP contribution >= 0.6 is 0 Å². The number of aryl methyl sites for hydroxylation is 1. The second kappa shape index (κ2) is 5.97. The topological polar surface area (TPSA) is 26.3 Å². The number of fused-ring (bicyclic) bond motifs is 2. The van der Waals surface area contributed by atoms with Crippen LogP contribution < -0.4 is 0 Å². The zero-order valence-electron chi connectivity index (χ0n) is 13.4. The highest BCUT2D eigenvalue weighted by Gasteiger charge is 2.26. The van der Waals surface area contributed by atoms with Gasteiger partial charge in [-0.1, -0.05) is 67.3 Å². The highest BCUT2D eigenvalue weighted by Crippen LogP contribution is 2.35. The quantitative estimate of drug-likeness (QED) is 0.611. The predicted molar refractivity (Wildman–Crippen MR) is 97.0 cm³/mol. The Morgan fingerprint density at radius 1 is 1.00 bits per heavy atom. The van der Waals surface area contributed by atoms with Gasteiger partial charge >= 0.3 is 5.97 Å². The Kier molecular flexibility index (Phi) is 3.66. The van der Waals surface area contributed by atoms with Gasteiger partial charge in [-0.25, -0.2) is 4.79 Å². The lowest BCUT2D eigenvalue weighted by Gasteiger charge is -2.15. The summed E-state index contributed by atoms with van der Waals surface area (Å²) in [5, 5.41) is 1.93. The molecule has 1 aliphatic rings. The molecule has 1 unspecified atom stereocenters. The van der Waals surface area contributed by atoms with E-state index in [1.165, 1.54) is 5.56 Å². The molecule has 0 heterocycles. The molecule has 0 saturated carbocycles. The zero-order valence-corrected chi connectivity index (χ0v) is 13.4. The van der Waals surface area contributed by atoms with Crippen LogP contribution in [0.1, 0.15) is 39.6 Å². The molecule has 2 heteroatoms. The van der Waals surface area contributed by atoms with Crippen LogP contribution in [-0.4, -0.2) is 5.97 Å². The number of carbonyl (C=O) groups is 1. The summed E-state index contributed by atoms with van der Waals surface area (Å²) >= 11 is 0. The van der Waals surface area contributed by atoms with Crippen LogP contribution in [0, 0.1) is 0 Å². The third-order valence-corrected chi connectivity index (χ3v) is 4.72. The van der Waals surface area contributed by atoms with Crippen LogP contribution in [-0.2, 0) is 11.2 Å². The Balaban J connectivity index is 1.69. The lowest BCUT2D eigenvalue weighted by Crippen LogP contribution is -2.10. The Morgan fingerprint density at radius 3 is 2.58 bits per heavy atom. The summed E-state index contributed by atoms with van der Waals surface area (Å²) in [5.41, 5.74) is 4.05. The van der Waals surface area contributed by atoms with Crippen molar-refractivity contribution in [2.45, 2.75) is 18.9 Å². The molecule has 0 saturated heterocycles. The van der Waals surface area contributed by atoms with Gasteiger partial charge in [0.1, 0.15) is 6.10 Å². The van der Waals surface area contributed by atoms with E-state index in [0.717, 1.165) is 34.7 Å². The monoisotopic (exact) mass is 314 g/mol. The smallest absolute Gasteiger partial charge is 0.339 e. The van der Waals surface area contributed by atoms with Gasteiger partial charge in [-0.3, -0.25) is 0 Å². The summed E-state index contributed by atoms with van der Waals surface area (Å²) < 4.78 is 5.84. The fourth-order valence-electron chi connectivity index (χ4n) is 3.51. The lowest BCUT2D eigenvalue weighted by molar-refractivity contribution is 0.0303. The normalized spacial score (nSPS) is 15.9. The standard InChI is InChI=1S/C22H18O2/c1-2-15-11-13-20(19-10-6-5-8-17(15)19)22(23)24-21-14-12-16-7-3-4-9-18(16)21/h2-11,13,21H,1,12,14H2. The molecule has 24 heavy (non-hydrogen) atoms. The van der Waals surface area contributed by atoms with Gasteiger partial charge in [0.15, 0.2) is 0 Å². The number of rotatable bonds is 3. The molecule has 0 N–H and O–H groups in total. The van der Waals surface area contributed by atoms with Crippen LogP contribution in [0.3, 0.4) is 0 Å². The molecule has 0 aromatic heterocycles. The molecule has 1 atom stereocenters. The van der Waals surface area contributed by atoms with Crippen molar-refractivity contribution < 1.29 is 9.53 Å². The predicted octanol–water partition coefficient (Wildman–Crippen LogP) is 5.33. The minimum atomic E-state index is -0.261. The number of esters is 1. The third-order valence-electron chi connectivity index (χ3n) is 4.72. The summed E-state index contributed by atoms with van der Waals surface area (Å²) in [6, 6.07) is 19.8. The maximum atomic E-state index is 12.8. The maximum absolute atomic E-state index is 12.8. The third kappa shape index (κ3) is 2.41. The largest absolute Gasteiger partial charge is 0.454 e. The van der Waals surface area contributed by atoms with Crippen LogP contribution in [0.15, 0.2) is 67.2 Å². The first-order valence-corrected chi connectivity index (χ1v) is 8.21. The molecule has 4 rings (SSSR count). The number of carbonyl (C=O) groups excluding carboxylic acids is 1. The van der Waals surface area contributed by atoms with E-state index in [2.05, 4.69) is 18.7 Å². The van der Waals surface area contributed by atoms with Gasteiger partial charge in [0.05, 0.1) is 5.56 Å². The number of hydrogen-bond donors (Lipinski definition) is 0. The highest BCUT2D eigenvalue weighted by atomic mass is 16.5. The molecule has 0 spiro atoms. The molecular formula is C22H18O2. The number of ether oxygens (including phenoxy) is 1. The van der Waals surface area contributed by atoms with Crippen molar-refractivity contribution in [3.63, 3.8) is 0 Å². The molecule has 3 aromatic rings. The van der Waals surface area contributed by atoms with Crippen molar-refractivity contribution in [2.75, 3.05) is 0 Å². The van der Waals surface area contributed by atoms with Crippen LogP contribution in [0.5, 0.6) is 0 Å². The fourth-order valence-corrected chi connectivity index (χ4v) is 3.51. The van der Waals surface area contributed by atoms with Crippen molar-refractivity contribution >= 4 is 22.8 Å². The Labute approximate surface area is 141 Å². The van der Waals surface area contributed by atoms with E-state index in [-0.39, 0.29) is 12.1 Å². The van der Waals surface area contributed by atoms with E-state index >= 15 is 0 Å². The molecule has 0 bridgehead atoms. The van der Waals surface area contributed by atoms with Gasteiger partial charge in [-0.2, -0.15) is 0 Å². The van der Waals surface area contributed by atoms with Gasteiger partial charge in [-0.05, 0) is 46.4 Å². The highest BCUT2D eigenvalue weighted by molar-refractivity contribution is 6.06. The molecule has 0 aliphatic heterocycles. The minimum Gasteiger partial charge on any atom is -0.454 e. The molecule has 0 radical (unpaired) electrons. The van der Waals surface area contributed by atoms with E-state index in [4.69, 9.17) is 4.74 Å². The molecular weight excluding hydrogens is 296 g/mol. The summed E-state index contributed by atoms with van der Waals surface area (Å²) in [4.78, 5) is 12.8. The van der Waals surface area contributed by atoms with E-state index < -0.39 is 0 Å². The molecule has 2 nitrogen and oxygen atoms in total. The summed E-state index contributed by atoms with van der Waals surface area (Å²) in [7, 11) is 0. The first-order valence-electron chi connectivity index (χ1n) is 8.21. The molecule has 0 amide bonds. The summed E-state index contributed by atoms with van der Waals surface area (Å²) in [6.45, 7) is 3.85. The van der Waals surface area contributed by atoms with Gasteiger partial charge in [0, 0.05) is 0 Å². The minimum absolute atomic E-state index is 0.147. The second-order valence-electron chi connectivity index (χ2n) is 6.08. The van der Waals surface area contributed by atoms with Crippen LogP contribution in [0.25, 0.3) is 16.8 Å². The van der Waals surface area contributed by atoms with Crippen molar-refractivity contribution in [1.82, 2.24) is 0 Å². The van der Waals surface area contributed by atoms with Gasteiger partial charge in [-0.15, -0.1) is 0 Å².